The van der Waals surface area contributed by atoms with Gasteiger partial charge in [0.1, 0.15) is 0 Å². The number of nitrogens with zero attached hydrogens (tertiary/aromatic N) is 2. The average molecular weight is 155 g/mol. The SMILES string of the molecule is c1[nH]nnc1CC1OCCO1. The van der Waals surface area contributed by atoms with Crippen LogP contribution in [-0.4, -0.2) is 34.9 Å². The minimum absolute atomic E-state index is 0.125. The lowest BCUT2D eigenvalue weighted by Gasteiger charge is -2.04. The van der Waals surface area contributed by atoms with Crippen LogP contribution < -0.4 is 0 Å². The smallest absolute Gasteiger partial charge is 0.163 e. The molecule has 0 bridgehead atoms. The van der Waals surface area contributed by atoms with Crippen molar-refractivity contribution < 1.29 is 9.47 Å². The Kier molecular flexibility index (Phi) is 1.83. The van der Waals surface area contributed by atoms with E-state index in [0.29, 0.717) is 19.6 Å². The van der Waals surface area contributed by atoms with E-state index in [1.54, 1.807) is 6.20 Å². The van der Waals surface area contributed by atoms with E-state index in [1.165, 1.54) is 0 Å². The topological polar surface area (TPSA) is 60.0 Å². The monoisotopic (exact) mass is 155 g/mol. The van der Waals surface area contributed by atoms with Crippen molar-refractivity contribution in [2.45, 2.75) is 12.7 Å². The number of rotatable bonds is 2. The zero-order valence-corrected chi connectivity index (χ0v) is 5.99. The Labute approximate surface area is 63.7 Å². The molecule has 1 saturated heterocycles. The maximum Gasteiger partial charge on any atom is 0.163 e. The molecule has 0 amide bonds. The highest BCUT2D eigenvalue weighted by atomic mass is 16.7. The van der Waals surface area contributed by atoms with Crippen LogP contribution in [0.5, 0.6) is 0 Å². The van der Waals surface area contributed by atoms with E-state index in [-0.39, 0.29) is 6.29 Å². The third-order valence-corrected chi connectivity index (χ3v) is 1.53. The number of ether oxygens (including phenoxy) is 2. The molecule has 0 saturated carbocycles. The zero-order valence-electron chi connectivity index (χ0n) is 5.99. The van der Waals surface area contributed by atoms with Crippen LogP contribution in [0.15, 0.2) is 6.20 Å². The zero-order chi connectivity index (χ0) is 7.52. The third-order valence-electron chi connectivity index (χ3n) is 1.53. The van der Waals surface area contributed by atoms with E-state index in [9.17, 15) is 0 Å². The first-order chi connectivity index (χ1) is 5.45. The predicted octanol–water partition coefficient (Wildman–Crippen LogP) is -0.280. The molecule has 1 aromatic rings. The summed E-state index contributed by atoms with van der Waals surface area (Å²) >= 11 is 0. The molecule has 0 atom stereocenters. The lowest BCUT2D eigenvalue weighted by molar-refractivity contribution is -0.0406. The van der Waals surface area contributed by atoms with Gasteiger partial charge in [0.15, 0.2) is 6.29 Å². The van der Waals surface area contributed by atoms with Gasteiger partial charge in [-0.15, -0.1) is 5.10 Å². The summed E-state index contributed by atoms with van der Waals surface area (Å²) in [5.41, 5.74) is 0.872. The highest BCUT2D eigenvalue weighted by Gasteiger charge is 2.17. The summed E-state index contributed by atoms with van der Waals surface area (Å²) in [6.07, 6.45) is 2.29. The lowest BCUT2D eigenvalue weighted by Crippen LogP contribution is -2.11. The fraction of sp³-hybridized carbons (Fsp3) is 0.667. The molecule has 0 unspecified atom stereocenters. The van der Waals surface area contributed by atoms with E-state index in [0.717, 1.165) is 5.69 Å². The van der Waals surface area contributed by atoms with E-state index in [1.807, 2.05) is 0 Å². The number of hydrogen-bond donors (Lipinski definition) is 1. The van der Waals surface area contributed by atoms with Crippen LogP contribution in [0.3, 0.4) is 0 Å². The summed E-state index contributed by atoms with van der Waals surface area (Å²) in [5.74, 6) is 0. The number of aromatic nitrogens is 3. The molecule has 0 aliphatic carbocycles. The summed E-state index contributed by atoms with van der Waals surface area (Å²) in [7, 11) is 0. The fourth-order valence-corrected chi connectivity index (χ4v) is 1.02. The van der Waals surface area contributed by atoms with Crippen molar-refractivity contribution in [3.63, 3.8) is 0 Å². The summed E-state index contributed by atoms with van der Waals surface area (Å²) in [5, 5.41) is 10.0. The van der Waals surface area contributed by atoms with Gasteiger partial charge in [0.2, 0.25) is 0 Å². The second-order valence-corrected chi connectivity index (χ2v) is 2.34. The van der Waals surface area contributed by atoms with Crippen molar-refractivity contribution in [3.8, 4) is 0 Å². The Bertz CT molecular complexity index is 206. The summed E-state index contributed by atoms with van der Waals surface area (Å²) in [4.78, 5) is 0. The molecular formula is C6H9N3O2. The maximum atomic E-state index is 5.22. The molecule has 2 rings (SSSR count). The van der Waals surface area contributed by atoms with Gasteiger partial charge in [0.05, 0.1) is 18.9 Å². The molecule has 1 fully saturated rings. The second kappa shape index (κ2) is 2.98. The van der Waals surface area contributed by atoms with Crippen LogP contribution >= 0.6 is 0 Å². The molecular weight excluding hydrogens is 146 g/mol. The highest BCUT2D eigenvalue weighted by Crippen LogP contribution is 2.08. The van der Waals surface area contributed by atoms with Gasteiger partial charge < -0.3 is 9.47 Å². The fourth-order valence-electron chi connectivity index (χ4n) is 1.02. The van der Waals surface area contributed by atoms with E-state index < -0.39 is 0 Å². The van der Waals surface area contributed by atoms with Gasteiger partial charge in [-0.25, -0.2) is 0 Å². The first-order valence-electron chi connectivity index (χ1n) is 3.54. The Morgan fingerprint density at radius 3 is 3.00 bits per heavy atom. The molecule has 1 aliphatic rings. The van der Waals surface area contributed by atoms with Crippen molar-refractivity contribution in [2.24, 2.45) is 0 Å². The molecule has 11 heavy (non-hydrogen) atoms. The molecule has 60 valence electrons. The van der Waals surface area contributed by atoms with Crippen molar-refractivity contribution in [1.82, 2.24) is 15.4 Å². The minimum atomic E-state index is -0.125. The number of H-pyrrole nitrogens is 1. The van der Waals surface area contributed by atoms with E-state index in [4.69, 9.17) is 9.47 Å². The predicted molar refractivity (Wildman–Crippen MR) is 35.8 cm³/mol. The van der Waals surface area contributed by atoms with Crippen LogP contribution in [0.2, 0.25) is 0 Å². The summed E-state index contributed by atoms with van der Waals surface area (Å²) in [6.45, 7) is 1.37. The molecule has 1 aromatic heterocycles. The normalized spacial score (nSPS) is 19.3. The van der Waals surface area contributed by atoms with E-state index >= 15 is 0 Å². The van der Waals surface area contributed by atoms with Crippen molar-refractivity contribution in [2.75, 3.05) is 13.2 Å². The first-order valence-corrected chi connectivity index (χ1v) is 3.54. The molecule has 1 N–H and O–H groups in total. The standard InChI is InChI=1S/C6H9N3O2/c1-2-11-6(10-1)3-5-4-7-9-8-5/h4,6H,1-3H2,(H,7,8,9). The minimum Gasteiger partial charge on any atom is -0.350 e. The molecule has 0 radical (unpaired) electrons. The molecule has 1 aliphatic heterocycles. The van der Waals surface area contributed by atoms with Gasteiger partial charge >= 0.3 is 0 Å². The maximum absolute atomic E-state index is 5.22. The van der Waals surface area contributed by atoms with Gasteiger partial charge in [-0.05, 0) is 0 Å². The van der Waals surface area contributed by atoms with Crippen LogP contribution in [-0.2, 0) is 15.9 Å². The Balaban J connectivity index is 1.90. The Hall–Kier alpha value is -0.940. The third kappa shape index (κ3) is 1.55. The van der Waals surface area contributed by atoms with Gasteiger partial charge in [0, 0.05) is 12.6 Å². The Morgan fingerprint density at radius 1 is 1.55 bits per heavy atom. The van der Waals surface area contributed by atoms with Crippen LogP contribution in [0.25, 0.3) is 0 Å². The lowest BCUT2D eigenvalue weighted by atomic mass is 10.3. The van der Waals surface area contributed by atoms with Gasteiger partial charge in [-0.2, -0.15) is 0 Å². The number of hydrogen-bond acceptors (Lipinski definition) is 4. The largest absolute Gasteiger partial charge is 0.350 e. The van der Waals surface area contributed by atoms with Crippen LogP contribution in [0, 0.1) is 0 Å². The van der Waals surface area contributed by atoms with Gasteiger partial charge in [0.25, 0.3) is 0 Å². The molecule has 2 heterocycles. The number of nitrogens with one attached hydrogen (secondary N) is 1. The molecule has 5 nitrogen and oxygen atoms in total. The molecule has 0 spiro atoms. The van der Waals surface area contributed by atoms with Crippen molar-refractivity contribution >= 4 is 0 Å². The molecule has 5 heteroatoms. The van der Waals surface area contributed by atoms with Crippen molar-refractivity contribution in [1.29, 1.82) is 0 Å². The Morgan fingerprint density at radius 2 is 2.36 bits per heavy atom. The number of aromatic amines is 1. The highest BCUT2D eigenvalue weighted by molar-refractivity contribution is 4.91. The average Bonchev–Trinajstić information content (AvgIpc) is 2.60. The summed E-state index contributed by atoms with van der Waals surface area (Å²) < 4.78 is 10.4. The summed E-state index contributed by atoms with van der Waals surface area (Å²) in [6, 6.07) is 0. The van der Waals surface area contributed by atoms with Gasteiger partial charge in [-0.3, -0.25) is 5.10 Å². The van der Waals surface area contributed by atoms with Crippen molar-refractivity contribution in [3.05, 3.63) is 11.9 Å². The quantitative estimate of drug-likeness (QED) is 0.638. The van der Waals surface area contributed by atoms with Crippen LogP contribution in [0.1, 0.15) is 5.69 Å². The molecule has 0 aromatic carbocycles. The van der Waals surface area contributed by atoms with Crippen LogP contribution in [0.4, 0.5) is 0 Å². The van der Waals surface area contributed by atoms with Gasteiger partial charge in [-0.1, -0.05) is 5.21 Å². The van der Waals surface area contributed by atoms with E-state index in [2.05, 4.69) is 15.4 Å². The first kappa shape index (κ1) is 6.75. The second-order valence-electron chi connectivity index (χ2n) is 2.34.